The Balaban J connectivity index is 1.92. The third-order valence-corrected chi connectivity index (χ3v) is 2.54. The average molecular weight is 152 g/mol. The Kier molecular flexibility index (Phi) is 1.64. The van der Waals surface area contributed by atoms with Gasteiger partial charge >= 0.3 is 0 Å². The number of aromatic nitrogens is 2. The summed E-state index contributed by atoms with van der Waals surface area (Å²) in [6.07, 6.45) is 5.16. The fourth-order valence-corrected chi connectivity index (χ4v) is 1.63. The highest BCUT2D eigenvalue weighted by atomic mass is 16.4. The summed E-state index contributed by atoms with van der Waals surface area (Å²) in [7, 11) is 0. The molecule has 0 radical (unpaired) electrons. The first kappa shape index (κ1) is 6.83. The number of rotatable bonds is 2. The second-order valence-electron chi connectivity index (χ2n) is 3.22. The summed E-state index contributed by atoms with van der Waals surface area (Å²) in [6.45, 7) is 2.23. The third-order valence-electron chi connectivity index (χ3n) is 2.54. The SMILES string of the molecule is CCC1CC(c2nnco2)C1. The lowest BCUT2D eigenvalue weighted by molar-refractivity contribution is 0.221. The second-order valence-corrected chi connectivity index (χ2v) is 3.22. The van der Waals surface area contributed by atoms with E-state index in [4.69, 9.17) is 4.42 Å². The number of hydrogen-bond acceptors (Lipinski definition) is 3. The van der Waals surface area contributed by atoms with E-state index in [1.54, 1.807) is 0 Å². The zero-order valence-electron chi connectivity index (χ0n) is 6.66. The van der Waals surface area contributed by atoms with E-state index in [1.165, 1.54) is 25.7 Å². The van der Waals surface area contributed by atoms with Crippen LogP contribution in [0.5, 0.6) is 0 Å². The maximum absolute atomic E-state index is 5.11. The lowest BCUT2D eigenvalue weighted by atomic mass is 9.73. The van der Waals surface area contributed by atoms with Crippen LogP contribution >= 0.6 is 0 Å². The van der Waals surface area contributed by atoms with E-state index in [0.29, 0.717) is 5.92 Å². The molecule has 1 aromatic rings. The summed E-state index contributed by atoms with van der Waals surface area (Å²) >= 11 is 0. The minimum Gasteiger partial charge on any atom is -0.428 e. The molecule has 0 spiro atoms. The Hall–Kier alpha value is -0.860. The van der Waals surface area contributed by atoms with Gasteiger partial charge in [-0.2, -0.15) is 0 Å². The van der Waals surface area contributed by atoms with Crippen LogP contribution in [0.25, 0.3) is 0 Å². The van der Waals surface area contributed by atoms with Crippen LogP contribution in [-0.2, 0) is 0 Å². The number of hydrogen-bond donors (Lipinski definition) is 0. The Morgan fingerprint density at radius 1 is 1.64 bits per heavy atom. The van der Waals surface area contributed by atoms with Crippen molar-refractivity contribution in [2.75, 3.05) is 0 Å². The van der Waals surface area contributed by atoms with Crippen molar-refractivity contribution in [1.29, 1.82) is 0 Å². The molecule has 1 heterocycles. The van der Waals surface area contributed by atoms with E-state index in [1.807, 2.05) is 0 Å². The fourth-order valence-electron chi connectivity index (χ4n) is 1.63. The van der Waals surface area contributed by atoms with E-state index < -0.39 is 0 Å². The van der Waals surface area contributed by atoms with E-state index in [2.05, 4.69) is 17.1 Å². The second kappa shape index (κ2) is 2.64. The molecule has 0 saturated heterocycles. The van der Waals surface area contributed by atoms with Crippen molar-refractivity contribution in [3.63, 3.8) is 0 Å². The minimum atomic E-state index is 0.558. The molecular weight excluding hydrogens is 140 g/mol. The zero-order chi connectivity index (χ0) is 7.68. The minimum absolute atomic E-state index is 0.558. The molecule has 2 rings (SSSR count). The van der Waals surface area contributed by atoms with Crippen LogP contribution < -0.4 is 0 Å². The number of nitrogens with zero attached hydrogens (tertiary/aromatic N) is 2. The summed E-state index contributed by atoms with van der Waals surface area (Å²) in [5.41, 5.74) is 0. The predicted molar refractivity (Wildman–Crippen MR) is 40.1 cm³/mol. The van der Waals surface area contributed by atoms with E-state index in [-0.39, 0.29) is 0 Å². The first-order valence-electron chi connectivity index (χ1n) is 4.16. The first-order valence-corrected chi connectivity index (χ1v) is 4.16. The molecule has 3 nitrogen and oxygen atoms in total. The fraction of sp³-hybridized carbons (Fsp3) is 0.750. The van der Waals surface area contributed by atoms with Gasteiger partial charge in [-0.15, -0.1) is 10.2 Å². The molecule has 1 fully saturated rings. The van der Waals surface area contributed by atoms with Crippen LogP contribution in [0.1, 0.15) is 38.0 Å². The molecule has 0 amide bonds. The molecule has 0 bridgehead atoms. The van der Waals surface area contributed by atoms with Crippen molar-refractivity contribution in [2.45, 2.75) is 32.1 Å². The lowest BCUT2D eigenvalue weighted by Crippen LogP contribution is -2.21. The summed E-state index contributed by atoms with van der Waals surface area (Å²) in [4.78, 5) is 0. The van der Waals surface area contributed by atoms with Gasteiger partial charge in [0.25, 0.3) is 0 Å². The first-order chi connectivity index (χ1) is 5.40. The van der Waals surface area contributed by atoms with Crippen LogP contribution in [0.15, 0.2) is 10.8 Å². The quantitative estimate of drug-likeness (QED) is 0.650. The van der Waals surface area contributed by atoms with Gasteiger partial charge in [-0.3, -0.25) is 0 Å². The van der Waals surface area contributed by atoms with Crippen molar-refractivity contribution >= 4 is 0 Å². The Morgan fingerprint density at radius 3 is 3.00 bits per heavy atom. The molecule has 0 atom stereocenters. The van der Waals surface area contributed by atoms with Gasteiger partial charge in [0.1, 0.15) is 0 Å². The molecular formula is C8H12N2O. The van der Waals surface area contributed by atoms with Crippen LogP contribution in [0.2, 0.25) is 0 Å². The molecule has 3 heteroatoms. The van der Waals surface area contributed by atoms with Crippen LogP contribution in [-0.4, -0.2) is 10.2 Å². The maximum Gasteiger partial charge on any atom is 0.219 e. The van der Waals surface area contributed by atoms with Gasteiger partial charge in [0.2, 0.25) is 12.3 Å². The van der Waals surface area contributed by atoms with Crippen LogP contribution in [0.4, 0.5) is 0 Å². The molecule has 1 saturated carbocycles. The molecule has 0 aliphatic heterocycles. The van der Waals surface area contributed by atoms with Crippen molar-refractivity contribution in [1.82, 2.24) is 10.2 Å². The van der Waals surface area contributed by atoms with Crippen molar-refractivity contribution in [3.05, 3.63) is 12.3 Å². The molecule has 1 aliphatic carbocycles. The van der Waals surface area contributed by atoms with Crippen LogP contribution in [0.3, 0.4) is 0 Å². The Labute approximate surface area is 65.8 Å². The van der Waals surface area contributed by atoms with Gasteiger partial charge in [-0.05, 0) is 18.8 Å². The van der Waals surface area contributed by atoms with Gasteiger partial charge in [0.05, 0.1) is 0 Å². The normalized spacial score (nSPS) is 29.9. The molecule has 11 heavy (non-hydrogen) atoms. The molecule has 1 aromatic heterocycles. The van der Waals surface area contributed by atoms with Gasteiger partial charge in [-0.1, -0.05) is 13.3 Å². The largest absolute Gasteiger partial charge is 0.428 e. The molecule has 0 N–H and O–H groups in total. The molecule has 1 aliphatic rings. The molecule has 60 valence electrons. The summed E-state index contributed by atoms with van der Waals surface area (Å²) in [5, 5.41) is 7.55. The summed E-state index contributed by atoms with van der Waals surface area (Å²) < 4.78 is 5.11. The topological polar surface area (TPSA) is 38.9 Å². The van der Waals surface area contributed by atoms with Crippen molar-refractivity contribution in [2.24, 2.45) is 5.92 Å². The molecule has 0 aromatic carbocycles. The Morgan fingerprint density at radius 2 is 2.45 bits per heavy atom. The van der Waals surface area contributed by atoms with E-state index in [9.17, 15) is 0 Å². The van der Waals surface area contributed by atoms with Crippen molar-refractivity contribution < 1.29 is 4.42 Å². The van der Waals surface area contributed by atoms with Gasteiger partial charge < -0.3 is 4.42 Å². The highest BCUT2D eigenvalue weighted by molar-refractivity contribution is 4.97. The predicted octanol–water partition coefficient (Wildman–Crippen LogP) is 1.97. The molecule has 0 unspecified atom stereocenters. The van der Waals surface area contributed by atoms with Crippen molar-refractivity contribution in [3.8, 4) is 0 Å². The monoisotopic (exact) mass is 152 g/mol. The average Bonchev–Trinajstić information content (AvgIpc) is 2.37. The van der Waals surface area contributed by atoms with E-state index >= 15 is 0 Å². The van der Waals surface area contributed by atoms with Gasteiger partial charge in [0.15, 0.2) is 0 Å². The summed E-state index contributed by atoms with van der Waals surface area (Å²) in [5.74, 6) is 2.28. The highest BCUT2D eigenvalue weighted by Gasteiger charge is 2.32. The van der Waals surface area contributed by atoms with E-state index in [0.717, 1.165) is 11.8 Å². The highest BCUT2D eigenvalue weighted by Crippen LogP contribution is 2.42. The zero-order valence-corrected chi connectivity index (χ0v) is 6.66. The maximum atomic E-state index is 5.11. The standard InChI is InChI=1S/C8H12N2O/c1-2-6-3-7(4-6)8-10-9-5-11-8/h5-7H,2-4H2,1H3. The van der Waals surface area contributed by atoms with Gasteiger partial charge in [0, 0.05) is 5.92 Å². The van der Waals surface area contributed by atoms with Gasteiger partial charge in [-0.25, -0.2) is 0 Å². The third kappa shape index (κ3) is 1.15. The summed E-state index contributed by atoms with van der Waals surface area (Å²) in [6, 6.07) is 0. The van der Waals surface area contributed by atoms with Crippen LogP contribution in [0, 0.1) is 5.92 Å². The lowest BCUT2D eigenvalue weighted by Gasteiger charge is -2.31. The Bertz CT molecular complexity index is 214. The smallest absolute Gasteiger partial charge is 0.219 e.